The van der Waals surface area contributed by atoms with Crippen molar-refractivity contribution in [1.82, 2.24) is 0 Å². The van der Waals surface area contributed by atoms with Crippen molar-refractivity contribution in [3.63, 3.8) is 0 Å². The Labute approximate surface area is 111 Å². The van der Waals surface area contributed by atoms with Crippen LogP contribution in [0.4, 0.5) is 8.78 Å². The quantitative estimate of drug-likeness (QED) is 0.613. The standard InChI is InChI=1S/C16H27F2/c1-13(15-10-6-3-7-11-15)16(17,18)12-14-8-4-2-5-9-14/h13-15H,1-12H2. The van der Waals surface area contributed by atoms with Crippen molar-refractivity contribution in [3.05, 3.63) is 6.92 Å². The van der Waals surface area contributed by atoms with Crippen LogP contribution in [0.15, 0.2) is 0 Å². The van der Waals surface area contributed by atoms with Gasteiger partial charge in [-0.1, -0.05) is 51.4 Å². The zero-order chi connectivity index (χ0) is 13.0. The van der Waals surface area contributed by atoms with E-state index in [1.807, 2.05) is 0 Å². The van der Waals surface area contributed by atoms with Crippen molar-refractivity contribution in [3.8, 4) is 0 Å². The molecule has 0 nitrogen and oxygen atoms in total. The van der Waals surface area contributed by atoms with E-state index >= 15 is 0 Å². The van der Waals surface area contributed by atoms with Gasteiger partial charge in [0.05, 0.1) is 0 Å². The highest BCUT2D eigenvalue weighted by atomic mass is 19.3. The Balaban J connectivity index is 1.86. The fraction of sp³-hybridized carbons (Fsp3) is 0.938. The SMILES string of the molecule is [CH2]C(C1CCCCC1)C(F)(F)CC1CCCCC1. The molecule has 105 valence electrons. The van der Waals surface area contributed by atoms with Gasteiger partial charge < -0.3 is 0 Å². The first-order valence-corrected chi connectivity index (χ1v) is 7.80. The largest absolute Gasteiger partial charge is 0.251 e. The van der Waals surface area contributed by atoms with E-state index < -0.39 is 11.8 Å². The van der Waals surface area contributed by atoms with Gasteiger partial charge in [0.2, 0.25) is 0 Å². The first kappa shape index (κ1) is 14.3. The van der Waals surface area contributed by atoms with Gasteiger partial charge in [-0.2, -0.15) is 0 Å². The Morgan fingerprint density at radius 2 is 1.39 bits per heavy atom. The zero-order valence-corrected chi connectivity index (χ0v) is 11.5. The monoisotopic (exact) mass is 257 g/mol. The molecule has 0 bridgehead atoms. The van der Waals surface area contributed by atoms with Crippen molar-refractivity contribution < 1.29 is 8.78 Å². The first-order valence-electron chi connectivity index (χ1n) is 7.80. The highest BCUT2D eigenvalue weighted by Crippen LogP contribution is 2.43. The van der Waals surface area contributed by atoms with Crippen LogP contribution in [-0.4, -0.2) is 5.92 Å². The number of hydrogen-bond acceptors (Lipinski definition) is 0. The van der Waals surface area contributed by atoms with Crippen LogP contribution in [0.3, 0.4) is 0 Å². The van der Waals surface area contributed by atoms with Crippen LogP contribution in [0.2, 0.25) is 0 Å². The lowest BCUT2D eigenvalue weighted by Crippen LogP contribution is -2.35. The van der Waals surface area contributed by atoms with E-state index in [1.165, 1.54) is 12.8 Å². The molecule has 0 aliphatic heterocycles. The molecule has 0 aromatic rings. The lowest BCUT2D eigenvalue weighted by atomic mass is 9.74. The van der Waals surface area contributed by atoms with E-state index in [0.29, 0.717) is 0 Å². The molecule has 2 aliphatic carbocycles. The fourth-order valence-electron chi connectivity index (χ4n) is 3.81. The number of halogens is 2. The zero-order valence-electron chi connectivity index (χ0n) is 11.5. The summed E-state index contributed by atoms with van der Waals surface area (Å²) >= 11 is 0. The minimum Gasteiger partial charge on any atom is -0.207 e. The molecule has 18 heavy (non-hydrogen) atoms. The fourth-order valence-corrected chi connectivity index (χ4v) is 3.81. The molecule has 1 unspecified atom stereocenters. The van der Waals surface area contributed by atoms with E-state index in [2.05, 4.69) is 6.92 Å². The summed E-state index contributed by atoms with van der Waals surface area (Å²) in [6.07, 6.45) is 11.0. The average Bonchev–Trinajstić information content (AvgIpc) is 2.39. The molecule has 2 fully saturated rings. The second-order valence-corrected chi connectivity index (χ2v) is 6.47. The Morgan fingerprint density at radius 1 is 0.889 bits per heavy atom. The van der Waals surface area contributed by atoms with Gasteiger partial charge in [-0.05, 0) is 31.6 Å². The summed E-state index contributed by atoms with van der Waals surface area (Å²) in [6.45, 7) is 3.85. The van der Waals surface area contributed by atoms with Gasteiger partial charge in [-0.3, -0.25) is 0 Å². The minimum atomic E-state index is -2.54. The van der Waals surface area contributed by atoms with E-state index in [-0.39, 0.29) is 18.3 Å². The van der Waals surface area contributed by atoms with E-state index in [0.717, 1.165) is 51.4 Å². The minimum absolute atomic E-state index is 0.0949. The maximum Gasteiger partial charge on any atom is 0.251 e. The van der Waals surface area contributed by atoms with Gasteiger partial charge >= 0.3 is 0 Å². The summed E-state index contributed by atoms with van der Waals surface area (Å²) in [5.41, 5.74) is 0. The molecule has 0 aromatic heterocycles. The summed E-state index contributed by atoms with van der Waals surface area (Å²) in [4.78, 5) is 0. The molecule has 0 heterocycles. The molecule has 1 atom stereocenters. The predicted octanol–water partition coefficient (Wildman–Crippen LogP) is 5.62. The maximum atomic E-state index is 14.3. The van der Waals surface area contributed by atoms with Crippen LogP contribution in [0.25, 0.3) is 0 Å². The summed E-state index contributed by atoms with van der Waals surface area (Å²) in [7, 11) is 0. The topological polar surface area (TPSA) is 0 Å². The van der Waals surface area contributed by atoms with Crippen molar-refractivity contribution in [1.29, 1.82) is 0 Å². The van der Waals surface area contributed by atoms with Crippen LogP contribution < -0.4 is 0 Å². The number of alkyl halides is 2. The lowest BCUT2D eigenvalue weighted by Gasteiger charge is -2.35. The number of hydrogen-bond donors (Lipinski definition) is 0. The Bertz CT molecular complexity index is 237. The summed E-state index contributed by atoms with van der Waals surface area (Å²) in [5, 5.41) is 0. The second kappa shape index (κ2) is 6.34. The van der Waals surface area contributed by atoms with E-state index in [4.69, 9.17) is 0 Å². The van der Waals surface area contributed by atoms with Crippen LogP contribution in [-0.2, 0) is 0 Å². The third kappa shape index (κ3) is 3.68. The normalized spacial score (nSPS) is 26.2. The molecular weight excluding hydrogens is 230 g/mol. The van der Waals surface area contributed by atoms with E-state index in [9.17, 15) is 8.78 Å². The Kier molecular flexibility index (Phi) is 5.03. The number of rotatable bonds is 4. The summed E-state index contributed by atoms with van der Waals surface area (Å²) in [6, 6.07) is 0. The molecule has 0 amide bonds. The molecule has 0 aromatic carbocycles. The van der Waals surface area contributed by atoms with Gasteiger partial charge in [0.1, 0.15) is 0 Å². The lowest BCUT2D eigenvalue weighted by molar-refractivity contribution is -0.0876. The van der Waals surface area contributed by atoms with Crippen LogP contribution >= 0.6 is 0 Å². The predicted molar refractivity (Wildman–Crippen MR) is 71.6 cm³/mol. The second-order valence-electron chi connectivity index (χ2n) is 6.47. The first-order chi connectivity index (χ1) is 8.59. The molecule has 0 saturated heterocycles. The van der Waals surface area contributed by atoms with Gasteiger partial charge in [0, 0.05) is 12.3 Å². The summed E-state index contributed by atoms with van der Waals surface area (Å²) < 4.78 is 28.6. The third-order valence-corrected chi connectivity index (χ3v) is 5.05. The van der Waals surface area contributed by atoms with Crippen molar-refractivity contribution in [2.75, 3.05) is 0 Å². The average molecular weight is 257 g/mol. The molecule has 0 N–H and O–H groups in total. The van der Waals surface area contributed by atoms with Crippen LogP contribution in [0.5, 0.6) is 0 Å². The molecule has 0 spiro atoms. The molecule has 2 aliphatic rings. The Hall–Kier alpha value is -0.140. The van der Waals surface area contributed by atoms with Gasteiger partial charge in [0.15, 0.2) is 0 Å². The van der Waals surface area contributed by atoms with Crippen molar-refractivity contribution >= 4 is 0 Å². The van der Waals surface area contributed by atoms with Gasteiger partial charge in [-0.25, -0.2) is 8.78 Å². The van der Waals surface area contributed by atoms with Crippen LogP contribution in [0.1, 0.15) is 70.6 Å². The summed E-state index contributed by atoms with van der Waals surface area (Å²) in [5.74, 6) is -2.78. The molecule has 2 heteroatoms. The maximum absolute atomic E-state index is 14.3. The Morgan fingerprint density at radius 3 is 1.94 bits per heavy atom. The smallest absolute Gasteiger partial charge is 0.207 e. The molecule has 1 radical (unpaired) electrons. The highest BCUT2D eigenvalue weighted by Gasteiger charge is 2.42. The van der Waals surface area contributed by atoms with Crippen molar-refractivity contribution in [2.24, 2.45) is 17.8 Å². The van der Waals surface area contributed by atoms with Crippen molar-refractivity contribution in [2.45, 2.75) is 76.6 Å². The highest BCUT2D eigenvalue weighted by molar-refractivity contribution is 4.88. The molecular formula is C16H27F2. The molecule has 2 rings (SSSR count). The van der Waals surface area contributed by atoms with E-state index in [1.54, 1.807) is 0 Å². The van der Waals surface area contributed by atoms with Crippen LogP contribution in [0, 0.1) is 24.7 Å². The molecule has 2 saturated carbocycles. The third-order valence-electron chi connectivity index (χ3n) is 5.05. The van der Waals surface area contributed by atoms with Gasteiger partial charge in [-0.15, -0.1) is 0 Å². The van der Waals surface area contributed by atoms with Gasteiger partial charge in [0.25, 0.3) is 5.92 Å².